The molecule has 0 spiro atoms. The fraction of sp³-hybridized carbons (Fsp3) is 0.686. The van der Waals surface area contributed by atoms with Gasteiger partial charge in [0.2, 0.25) is 17.7 Å². The second-order valence-corrected chi connectivity index (χ2v) is 13.5. The zero-order chi connectivity index (χ0) is 31.0. The van der Waals surface area contributed by atoms with Gasteiger partial charge in [-0.25, -0.2) is 0 Å². The molecule has 7 nitrogen and oxygen atoms in total. The summed E-state index contributed by atoms with van der Waals surface area (Å²) in [7, 11) is 1.80. The number of hydrogen-bond acceptors (Lipinski definition) is 4. The van der Waals surface area contributed by atoms with Gasteiger partial charge in [0.15, 0.2) is 0 Å². The van der Waals surface area contributed by atoms with Gasteiger partial charge in [-0.15, -0.1) is 0 Å². The molecule has 3 amide bonds. The summed E-state index contributed by atoms with van der Waals surface area (Å²) in [6.45, 7) is 16.7. The topological polar surface area (TPSA) is 73.0 Å². The number of rotatable bonds is 11. The molecule has 2 aliphatic rings. The third-order valence-electron chi connectivity index (χ3n) is 9.25. The quantitative estimate of drug-likeness (QED) is 0.361. The molecule has 1 aromatic rings. The summed E-state index contributed by atoms with van der Waals surface area (Å²) in [4.78, 5) is 46.7. The van der Waals surface area contributed by atoms with Crippen molar-refractivity contribution in [2.75, 3.05) is 26.7 Å². The van der Waals surface area contributed by atoms with E-state index in [1.807, 2.05) is 37.8 Å². The van der Waals surface area contributed by atoms with Crippen molar-refractivity contribution >= 4 is 17.7 Å². The molecule has 42 heavy (non-hydrogen) atoms. The largest absolute Gasteiger partial charge is 0.343 e. The second-order valence-electron chi connectivity index (χ2n) is 13.5. The molecule has 234 valence electrons. The third-order valence-corrected chi connectivity index (χ3v) is 9.25. The number of likely N-dealkylation sites (N-methyl/N-ethyl adjacent to an activating group) is 1. The SMILES string of the molecule is C/C(=C\[C@H](C(C)C)N(C)C(=O)C(NC(=O)[C@H]1CCCCN1C(C)C)C(C)C)C(=O)N1CCC(Cc2ccccc2)CC1. The standard InChI is InChI=1S/C35H56N4O3/c1-24(2)31(22-27(7)34(41)38-20-17-29(18-21-38)23-28-14-10-9-11-15-28)37(8)35(42)32(25(3)4)36-33(40)30-16-12-13-19-39(30)26(5)6/h9-11,14-15,22,24-26,29-32H,12-13,16-21,23H2,1-8H3,(H,36,40)/b27-22+/t30-,31-,32?/m1/s1. The van der Waals surface area contributed by atoms with E-state index in [-0.39, 0.29) is 47.7 Å². The molecule has 0 radical (unpaired) electrons. The Labute approximate surface area is 255 Å². The van der Waals surface area contributed by atoms with Gasteiger partial charge in [0.25, 0.3) is 0 Å². The lowest BCUT2D eigenvalue weighted by atomic mass is 9.90. The van der Waals surface area contributed by atoms with E-state index in [2.05, 4.69) is 62.2 Å². The Morgan fingerprint density at radius 3 is 2.14 bits per heavy atom. The Morgan fingerprint density at radius 1 is 0.929 bits per heavy atom. The van der Waals surface area contributed by atoms with Crippen LogP contribution in [0.4, 0.5) is 0 Å². The molecule has 3 rings (SSSR count). The minimum absolute atomic E-state index is 0.0532. The first-order valence-electron chi connectivity index (χ1n) is 16.2. The number of carbonyl (C=O) groups excluding carboxylic acids is 3. The molecule has 0 saturated carbocycles. The molecule has 2 saturated heterocycles. The lowest BCUT2D eigenvalue weighted by molar-refractivity contribution is -0.140. The van der Waals surface area contributed by atoms with Gasteiger partial charge in [0.1, 0.15) is 6.04 Å². The van der Waals surface area contributed by atoms with Crippen LogP contribution in [0.25, 0.3) is 0 Å². The first kappa shape index (κ1) is 33.8. The van der Waals surface area contributed by atoms with Gasteiger partial charge in [-0.1, -0.05) is 70.5 Å². The van der Waals surface area contributed by atoms with Gasteiger partial charge in [0, 0.05) is 31.8 Å². The predicted octanol–water partition coefficient (Wildman–Crippen LogP) is 5.30. The normalized spacial score (nSPS) is 20.6. The monoisotopic (exact) mass is 580 g/mol. The number of piperidine rings is 2. The van der Waals surface area contributed by atoms with Gasteiger partial charge < -0.3 is 15.1 Å². The number of benzene rings is 1. The number of nitrogens with zero attached hydrogens (tertiary/aromatic N) is 3. The van der Waals surface area contributed by atoms with Crippen molar-refractivity contribution in [2.24, 2.45) is 17.8 Å². The lowest BCUT2D eigenvalue weighted by Gasteiger charge is -2.39. The van der Waals surface area contributed by atoms with E-state index in [0.29, 0.717) is 11.5 Å². The Bertz CT molecular complexity index is 1060. The highest BCUT2D eigenvalue weighted by molar-refractivity contribution is 5.93. The summed E-state index contributed by atoms with van der Waals surface area (Å²) in [6, 6.07) is 9.79. The molecule has 2 heterocycles. The van der Waals surface area contributed by atoms with Crippen LogP contribution in [0.1, 0.15) is 86.1 Å². The molecule has 1 unspecified atom stereocenters. The van der Waals surface area contributed by atoms with Gasteiger partial charge in [-0.3, -0.25) is 19.3 Å². The molecule has 1 aromatic carbocycles. The van der Waals surface area contributed by atoms with Crippen molar-refractivity contribution < 1.29 is 14.4 Å². The molecule has 1 N–H and O–H groups in total. The number of amides is 3. The molecule has 3 atom stereocenters. The molecule has 0 aliphatic carbocycles. The van der Waals surface area contributed by atoms with Crippen molar-refractivity contribution in [1.82, 2.24) is 20.0 Å². The van der Waals surface area contributed by atoms with Crippen LogP contribution in [-0.4, -0.2) is 83.3 Å². The Morgan fingerprint density at radius 2 is 1.57 bits per heavy atom. The number of likely N-dealkylation sites (tertiary alicyclic amines) is 2. The third kappa shape index (κ3) is 8.92. The maximum absolute atomic E-state index is 13.9. The van der Waals surface area contributed by atoms with Crippen LogP contribution in [0.2, 0.25) is 0 Å². The van der Waals surface area contributed by atoms with Crippen LogP contribution in [-0.2, 0) is 20.8 Å². The highest BCUT2D eigenvalue weighted by atomic mass is 16.2. The minimum atomic E-state index is -0.618. The van der Waals surface area contributed by atoms with E-state index in [0.717, 1.165) is 58.2 Å². The second kappa shape index (κ2) is 15.7. The van der Waals surface area contributed by atoms with Crippen molar-refractivity contribution in [2.45, 2.75) is 111 Å². The van der Waals surface area contributed by atoms with E-state index in [9.17, 15) is 14.4 Å². The van der Waals surface area contributed by atoms with E-state index in [1.54, 1.807) is 11.9 Å². The van der Waals surface area contributed by atoms with Crippen LogP contribution >= 0.6 is 0 Å². The smallest absolute Gasteiger partial charge is 0.249 e. The average molecular weight is 581 g/mol. The molecular formula is C35H56N4O3. The maximum atomic E-state index is 13.9. The van der Waals surface area contributed by atoms with Crippen LogP contribution in [0.15, 0.2) is 42.0 Å². The summed E-state index contributed by atoms with van der Waals surface area (Å²) in [5.41, 5.74) is 2.03. The Kier molecular flexibility index (Phi) is 12.6. The van der Waals surface area contributed by atoms with Crippen molar-refractivity contribution in [1.29, 1.82) is 0 Å². The first-order valence-corrected chi connectivity index (χ1v) is 16.2. The number of nitrogens with one attached hydrogen (secondary N) is 1. The van der Waals surface area contributed by atoms with Crippen LogP contribution < -0.4 is 5.32 Å². The summed E-state index contributed by atoms with van der Waals surface area (Å²) in [6.07, 6.45) is 7.98. The van der Waals surface area contributed by atoms with Gasteiger partial charge in [-0.2, -0.15) is 0 Å². The van der Waals surface area contributed by atoms with E-state index >= 15 is 0 Å². The highest BCUT2D eigenvalue weighted by Gasteiger charge is 2.36. The average Bonchev–Trinajstić information content (AvgIpc) is 2.97. The maximum Gasteiger partial charge on any atom is 0.249 e. The van der Waals surface area contributed by atoms with E-state index < -0.39 is 6.04 Å². The van der Waals surface area contributed by atoms with Crippen LogP contribution in [0, 0.1) is 17.8 Å². The molecule has 2 fully saturated rings. The summed E-state index contributed by atoms with van der Waals surface area (Å²) in [5.74, 6) is 0.537. The Balaban J connectivity index is 1.65. The number of carbonyl (C=O) groups is 3. The first-order chi connectivity index (χ1) is 19.9. The van der Waals surface area contributed by atoms with Crippen LogP contribution in [0.5, 0.6) is 0 Å². The van der Waals surface area contributed by atoms with Gasteiger partial charge in [-0.05, 0) is 82.7 Å². The molecule has 0 bridgehead atoms. The molecule has 0 aromatic heterocycles. The molecular weight excluding hydrogens is 524 g/mol. The van der Waals surface area contributed by atoms with E-state index in [4.69, 9.17) is 0 Å². The van der Waals surface area contributed by atoms with Gasteiger partial charge >= 0.3 is 0 Å². The Hall–Kier alpha value is -2.67. The fourth-order valence-electron chi connectivity index (χ4n) is 6.60. The van der Waals surface area contributed by atoms with Crippen LogP contribution in [0.3, 0.4) is 0 Å². The summed E-state index contributed by atoms with van der Waals surface area (Å²) < 4.78 is 0. The lowest BCUT2D eigenvalue weighted by Crippen LogP contribution is -2.58. The zero-order valence-corrected chi connectivity index (χ0v) is 27.4. The molecule has 7 heteroatoms. The molecule has 2 aliphatic heterocycles. The zero-order valence-electron chi connectivity index (χ0n) is 27.4. The van der Waals surface area contributed by atoms with Crippen molar-refractivity contribution in [3.05, 3.63) is 47.5 Å². The summed E-state index contributed by atoms with van der Waals surface area (Å²) in [5, 5.41) is 3.13. The van der Waals surface area contributed by atoms with Crippen molar-refractivity contribution in [3.63, 3.8) is 0 Å². The van der Waals surface area contributed by atoms with Crippen molar-refractivity contribution in [3.8, 4) is 0 Å². The summed E-state index contributed by atoms with van der Waals surface area (Å²) >= 11 is 0. The van der Waals surface area contributed by atoms with E-state index in [1.165, 1.54) is 5.56 Å². The predicted molar refractivity (Wildman–Crippen MR) is 171 cm³/mol. The van der Waals surface area contributed by atoms with Gasteiger partial charge in [0.05, 0.1) is 12.1 Å². The minimum Gasteiger partial charge on any atom is -0.343 e. The number of hydrogen-bond donors (Lipinski definition) is 1. The highest BCUT2D eigenvalue weighted by Crippen LogP contribution is 2.24. The fourth-order valence-corrected chi connectivity index (χ4v) is 6.60.